The summed E-state index contributed by atoms with van der Waals surface area (Å²) in [7, 11) is 0. The first kappa shape index (κ1) is 21.0. The highest BCUT2D eigenvalue weighted by Gasteiger charge is 2.34. The highest BCUT2D eigenvalue weighted by atomic mass is 32.1. The van der Waals surface area contributed by atoms with E-state index in [-0.39, 0.29) is 34.4 Å². The maximum Gasteiger partial charge on any atom is 0.419 e. The fraction of sp³-hybridized carbons (Fsp3) is 0.316. The summed E-state index contributed by atoms with van der Waals surface area (Å²) in [4.78, 5) is 30.0. The minimum atomic E-state index is -4.82. The van der Waals surface area contributed by atoms with E-state index in [2.05, 4.69) is 10.3 Å². The number of fused-ring (bicyclic) bond motifs is 1. The average Bonchev–Trinajstić information content (AvgIpc) is 2.91. The van der Waals surface area contributed by atoms with Gasteiger partial charge in [-0.15, -0.1) is 11.3 Å². The summed E-state index contributed by atoms with van der Waals surface area (Å²) in [6.07, 6.45) is -5.10. The van der Waals surface area contributed by atoms with Gasteiger partial charge in [0.25, 0.3) is 11.5 Å². The second kappa shape index (κ2) is 7.58. The molecular formula is C19H17F4N3O2S. The third-order valence-electron chi connectivity index (χ3n) is 4.13. The number of carbonyl (C=O) groups excluding carboxylic acids is 1. The number of hydrogen-bond donors (Lipinski definition) is 1. The fourth-order valence-corrected chi connectivity index (χ4v) is 3.93. The molecule has 0 aliphatic carbocycles. The van der Waals surface area contributed by atoms with E-state index in [0.717, 1.165) is 27.9 Å². The van der Waals surface area contributed by atoms with E-state index in [9.17, 15) is 27.2 Å². The summed E-state index contributed by atoms with van der Waals surface area (Å²) < 4.78 is 54.2. The number of aryl methyl sites for hydroxylation is 1. The molecule has 0 aliphatic rings. The second-order valence-electron chi connectivity index (χ2n) is 6.79. The number of carbonyl (C=O) groups is 1. The van der Waals surface area contributed by atoms with Crippen LogP contribution in [0.1, 0.15) is 46.0 Å². The van der Waals surface area contributed by atoms with Crippen LogP contribution in [-0.2, 0) is 12.6 Å². The van der Waals surface area contributed by atoms with Gasteiger partial charge in [-0.2, -0.15) is 13.2 Å². The summed E-state index contributed by atoms with van der Waals surface area (Å²) in [5.41, 5.74) is -1.87. The zero-order valence-electron chi connectivity index (χ0n) is 15.7. The lowest BCUT2D eigenvalue weighted by molar-refractivity contribution is -0.140. The average molecular weight is 427 g/mol. The SMILES string of the molecule is Cc1sc2nc(Cc3cccc(C(F)(F)F)c3F)cc(=O)n2c1C(=O)NC(C)C. The smallest absolute Gasteiger partial charge is 0.349 e. The molecule has 0 fully saturated rings. The Morgan fingerprint density at radius 1 is 1.31 bits per heavy atom. The first-order valence-corrected chi connectivity index (χ1v) is 9.48. The zero-order valence-corrected chi connectivity index (χ0v) is 16.5. The van der Waals surface area contributed by atoms with Gasteiger partial charge in [-0.3, -0.25) is 9.59 Å². The molecule has 10 heteroatoms. The summed E-state index contributed by atoms with van der Waals surface area (Å²) in [6.45, 7) is 5.23. The maximum atomic E-state index is 14.3. The lowest BCUT2D eigenvalue weighted by atomic mass is 10.0. The highest BCUT2D eigenvalue weighted by molar-refractivity contribution is 7.17. The Bertz CT molecular complexity index is 1150. The van der Waals surface area contributed by atoms with E-state index in [1.54, 1.807) is 20.8 Å². The summed E-state index contributed by atoms with van der Waals surface area (Å²) >= 11 is 1.10. The van der Waals surface area contributed by atoms with Crippen molar-refractivity contribution in [3.8, 4) is 0 Å². The highest BCUT2D eigenvalue weighted by Crippen LogP contribution is 2.33. The van der Waals surface area contributed by atoms with Gasteiger partial charge >= 0.3 is 6.18 Å². The van der Waals surface area contributed by atoms with E-state index in [1.807, 2.05) is 0 Å². The molecule has 2 heterocycles. The summed E-state index contributed by atoms with van der Waals surface area (Å²) in [5, 5.41) is 2.71. The van der Waals surface area contributed by atoms with E-state index in [0.29, 0.717) is 10.9 Å². The number of nitrogens with one attached hydrogen (secondary N) is 1. The number of alkyl halides is 3. The van der Waals surface area contributed by atoms with Crippen LogP contribution in [0.15, 0.2) is 29.1 Å². The molecule has 1 aromatic carbocycles. The number of halogens is 4. The van der Waals surface area contributed by atoms with Crippen molar-refractivity contribution < 1.29 is 22.4 Å². The van der Waals surface area contributed by atoms with Crippen molar-refractivity contribution in [2.45, 2.75) is 39.4 Å². The predicted octanol–water partition coefficient (Wildman–Crippen LogP) is 3.95. The molecular weight excluding hydrogens is 410 g/mol. The van der Waals surface area contributed by atoms with Crippen LogP contribution in [0.25, 0.3) is 4.96 Å². The van der Waals surface area contributed by atoms with Crippen LogP contribution in [-0.4, -0.2) is 21.3 Å². The van der Waals surface area contributed by atoms with Crippen molar-refractivity contribution in [3.63, 3.8) is 0 Å². The Hall–Kier alpha value is -2.75. The summed E-state index contributed by atoms with van der Waals surface area (Å²) in [5.74, 6) is -1.81. The van der Waals surface area contributed by atoms with Crippen LogP contribution in [0.4, 0.5) is 17.6 Å². The van der Waals surface area contributed by atoms with E-state index in [1.165, 1.54) is 6.07 Å². The molecule has 0 radical (unpaired) electrons. The van der Waals surface area contributed by atoms with Gasteiger partial charge < -0.3 is 5.32 Å². The van der Waals surface area contributed by atoms with Gasteiger partial charge in [0.05, 0.1) is 11.3 Å². The molecule has 0 unspecified atom stereocenters. The number of amides is 1. The molecule has 5 nitrogen and oxygen atoms in total. The first-order valence-electron chi connectivity index (χ1n) is 8.66. The molecule has 29 heavy (non-hydrogen) atoms. The third kappa shape index (κ3) is 4.16. The quantitative estimate of drug-likeness (QED) is 0.642. The van der Waals surface area contributed by atoms with Gasteiger partial charge in [0.2, 0.25) is 0 Å². The second-order valence-corrected chi connectivity index (χ2v) is 7.97. The number of nitrogens with zero attached hydrogens (tertiary/aromatic N) is 2. The molecule has 0 saturated heterocycles. The van der Waals surface area contributed by atoms with Crippen molar-refractivity contribution in [2.75, 3.05) is 0 Å². The summed E-state index contributed by atoms with van der Waals surface area (Å²) in [6, 6.07) is 3.95. The van der Waals surface area contributed by atoms with E-state index in [4.69, 9.17) is 0 Å². The van der Waals surface area contributed by atoms with Crippen LogP contribution in [0.2, 0.25) is 0 Å². The normalized spacial score (nSPS) is 12.0. The molecule has 2 aromatic heterocycles. The molecule has 154 valence electrons. The predicted molar refractivity (Wildman–Crippen MR) is 101 cm³/mol. The van der Waals surface area contributed by atoms with Crippen molar-refractivity contribution in [3.05, 3.63) is 67.8 Å². The molecule has 3 aromatic rings. The standard InChI is InChI=1S/C19H17F4N3O2S/c1-9(2)24-17(28)16-10(3)29-18-25-12(8-14(27)26(16)18)7-11-5-4-6-13(15(11)20)19(21,22)23/h4-6,8-9H,7H2,1-3H3,(H,24,28). The first-order chi connectivity index (χ1) is 13.5. The van der Waals surface area contributed by atoms with Crippen molar-refractivity contribution >= 4 is 22.2 Å². The largest absolute Gasteiger partial charge is 0.419 e. The maximum absolute atomic E-state index is 14.3. The molecule has 0 saturated carbocycles. The van der Waals surface area contributed by atoms with Gasteiger partial charge in [-0.1, -0.05) is 12.1 Å². The van der Waals surface area contributed by atoms with Gasteiger partial charge in [-0.05, 0) is 32.4 Å². The fourth-order valence-electron chi connectivity index (χ4n) is 2.94. The van der Waals surface area contributed by atoms with Gasteiger partial charge in [0, 0.05) is 23.4 Å². The molecule has 0 bridgehead atoms. The van der Waals surface area contributed by atoms with Crippen molar-refractivity contribution in [1.29, 1.82) is 0 Å². The van der Waals surface area contributed by atoms with Crippen molar-refractivity contribution in [1.82, 2.24) is 14.7 Å². The number of aromatic nitrogens is 2. The lowest BCUT2D eigenvalue weighted by Crippen LogP contribution is -2.33. The Morgan fingerprint density at radius 3 is 2.62 bits per heavy atom. The molecule has 0 spiro atoms. The molecule has 1 N–H and O–H groups in total. The van der Waals surface area contributed by atoms with Gasteiger partial charge in [-0.25, -0.2) is 13.8 Å². The lowest BCUT2D eigenvalue weighted by Gasteiger charge is -2.11. The third-order valence-corrected chi connectivity index (χ3v) is 5.09. The van der Waals surface area contributed by atoms with Crippen LogP contribution in [0, 0.1) is 12.7 Å². The molecule has 0 aliphatic heterocycles. The Balaban J connectivity index is 2.04. The number of benzene rings is 1. The number of thiazole rings is 1. The van der Waals surface area contributed by atoms with E-state index < -0.39 is 29.0 Å². The number of hydrogen-bond acceptors (Lipinski definition) is 4. The monoisotopic (exact) mass is 427 g/mol. The van der Waals surface area contributed by atoms with E-state index >= 15 is 0 Å². The minimum absolute atomic E-state index is 0.116. The Labute approximate surface area is 167 Å². The van der Waals surface area contributed by atoms with Gasteiger partial charge in [0.15, 0.2) is 4.96 Å². The Morgan fingerprint density at radius 2 is 2.00 bits per heavy atom. The number of rotatable bonds is 4. The molecule has 0 atom stereocenters. The molecule has 3 rings (SSSR count). The zero-order chi connectivity index (χ0) is 21.5. The van der Waals surface area contributed by atoms with Crippen molar-refractivity contribution in [2.24, 2.45) is 0 Å². The van der Waals surface area contributed by atoms with Crippen LogP contribution in [0.5, 0.6) is 0 Å². The van der Waals surface area contributed by atoms with Gasteiger partial charge in [0.1, 0.15) is 11.5 Å². The molecule has 1 amide bonds. The van der Waals surface area contributed by atoms with Crippen LogP contribution in [0.3, 0.4) is 0 Å². The van der Waals surface area contributed by atoms with Crippen LogP contribution >= 0.6 is 11.3 Å². The Kier molecular flexibility index (Phi) is 5.48. The van der Waals surface area contributed by atoms with Crippen LogP contribution < -0.4 is 10.9 Å². The topological polar surface area (TPSA) is 63.5 Å². The minimum Gasteiger partial charge on any atom is -0.349 e.